The molecule has 11 nitrogen and oxygen atoms in total. The van der Waals surface area contributed by atoms with Crippen molar-refractivity contribution in [1.82, 2.24) is 19.9 Å². The Balaban J connectivity index is 0.00000103. The molecule has 0 spiro atoms. The summed E-state index contributed by atoms with van der Waals surface area (Å²) in [4.78, 5) is 28.8. The number of pyridine rings is 1. The zero-order valence-electron chi connectivity index (χ0n) is 24.5. The maximum atomic E-state index is 14.0. The van der Waals surface area contributed by atoms with Gasteiger partial charge in [0.25, 0.3) is 5.92 Å². The van der Waals surface area contributed by atoms with E-state index < -0.39 is 5.92 Å². The smallest absolute Gasteiger partial charge is 0.302 e. The van der Waals surface area contributed by atoms with Crippen molar-refractivity contribution in [2.75, 3.05) is 52.8 Å². The van der Waals surface area contributed by atoms with E-state index in [1.165, 1.54) is 23.9 Å². The number of likely N-dealkylation sites (N-methyl/N-ethyl adjacent to an activating group) is 2. The number of hydrogen-bond acceptors (Lipinski definition) is 10. The van der Waals surface area contributed by atoms with Crippen molar-refractivity contribution in [1.29, 1.82) is 0 Å². The molecule has 13 heteroatoms. The first kappa shape index (κ1) is 32.7. The van der Waals surface area contributed by atoms with Crippen LogP contribution in [0.2, 0.25) is 0 Å². The van der Waals surface area contributed by atoms with Crippen LogP contribution in [0.15, 0.2) is 22.9 Å². The third-order valence-corrected chi connectivity index (χ3v) is 6.72. The largest absolute Gasteiger partial charge is 0.469 e. The van der Waals surface area contributed by atoms with Crippen molar-refractivity contribution >= 4 is 29.6 Å². The van der Waals surface area contributed by atoms with Gasteiger partial charge in [0.15, 0.2) is 0 Å². The van der Waals surface area contributed by atoms with Crippen LogP contribution in [0.25, 0.3) is 5.70 Å². The molecule has 2 aliphatic rings. The summed E-state index contributed by atoms with van der Waals surface area (Å²) in [6, 6.07) is 3.57. The molecule has 0 atom stereocenters. The average molecular weight is 567 g/mol. The van der Waals surface area contributed by atoms with Crippen LogP contribution in [0.1, 0.15) is 57.3 Å². The van der Waals surface area contributed by atoms with Gasteiger partial charge in [0, 0.05) is 47.5 Å². The number of amides is 1. The number of hydrogen-bond donors (Lipinski definition) is 2. The van der Waals surface area contributed by atoms with E-state index in [-0.39, 0.29) is 18.9 Å². The Bertz CT molecular complexity index is 1080. The minimum absolute atomic E-state index is 0.0840. The monoisotopic (exact) mass is 566 g/mol. The van der Waals surface area contributed by atoms with Crippen molar-refractivity contribution in [3.63, 3.8) is 0 Å². The lowest BCUT2D eigenvalue weighted by molar-refractivity contribution is -0.137. The summed E-state index contributed by atoms with van der Waals surface area (Å²) in [5.74, 6) is 4.43. The minimum atomic E-state index is -2.70. The molecule has 224 valence electrons. The predicted octanol–water partition coefficient (Wildman–Crippen LogP) is 2.63. The highest BCUT2D eigenvalue weighted by Crippen LogP contribution is 2.33. The average Bonchev–Trinajstić information content (AvgIpc) is 3.73. The second-order valence-corrected chi connectivity index (χ2v) is 10.3. The summed E-state index contributed by atoms with van der Waals surface area (Å²) in [5, 5.41) is 7.75. The molecule has 1 aromatic rings. The maximum absolute atomic E-state index is 14.0. The number of alkyl halides is 2. The number of rotatable bonds is 10. The van der Waals surface area contributed by atoms with Crippen LogP contribution >= 0.6 is 0 Å². The van der Waals surface area contributed by atoms with Gasteiger partial charge in [-0.05, 0) is 43.7 Å². The Morgan fingerprint density at radius 1 is 1.30 bits per heavy atom. The standard InChI is InChI=1S/C24H38F2N8O.C3H6O2/c1-5-18-20(34-12-6-11-24(25,26)15-34)10-9-19(29-18)23(27)21(33(4)28)14-32(3)30-22(31(2)16-35)13-17-7-8-17;1-3(4)5-2/h9-10,16-17H,5-8,11-15,27-28H2,1-4H3;1-2H3/b23-21-,30-22-;. The van der Waals surface area contributed by atoms with E-state index in [2.05, 4.69) is 9.84 Å². The number of carbonyl (C=O) groups excluding carboxylic acids is 2. The summed E-state index contributed by atoms with van der Waals surface area (Å²) >= 11 is 0. The molecule has 0 unspecified atom stereocenters. The summed E-state index contributed by atoms with van der Waals surface area (Å²) in [7, 11) is 6.53. The van der Waals surface area contributed by atoms with Crippen LogP contribution < -0.4 is 16.5 Å². The van der Waals surface area contributed by atoms with E-state index in [4.69, 9.17) is 16.6 Å². The molecule has 0 radical (unpaired) electrons. The fourth-order valence-corrected chi connectivity index (χ4v) is 4.24. The minimum Gasteiger partial charge on any atom is -0.469 e. The third kappa shape index (κ3) is 9.92. The van der Waals surface area contributed by atoms with Crippen molar-refractivity contribution in [3.05, 3.63) is 29.2 Å². The van der Waals surface area contributed by atoms with Crippen molar-refractivity contribution < 1.29 is 23.1 Å². The highest BCUT2D eigenvalue weighted by atomic mass is 19.3. The Morgan fingerprint density at radius 3 is 2.45 bits per heavy atom. The molecule has 3 rings (SSSR count). The SMILES string of the molecule is CCc1nc(/C(N)=C(\CN(C)/N=C(/CC2CC2)N(C)C=O)N(C)N)ccc1N1CCCC(F)(F)C1.COC(C)=O. The van der Waals surface area contributed by atoms with Gasteiger partial charge >= 0.3 is 5.97 Å². The number of amidine groups is 1. The molecule has 1 saturated carbocycles. The van der Waals surface area contributed by atoms with Gasteiger partial charge in [0.05, 0.1) is 48.7 Å². The molecular weight excluding hydrogens is 522 g/mol. The van der Waals surface area contributed by atoms with Crippen LogP contribution in [0.4, 0.5) is 14.5 Å². The summed E-state index contributed by atoms with van der Waals surface area (Å²) in [6.45, 7) is 3.88. The number of halogens is 2. The van der Waals surface area contributed by atoms with Gasteiger partial charge in [0.2, 0.25) is 6.41 Å². The first-order chi connectivity index (χ1) is 18.8. The summed E-state index contributed by atoms with van der Waals surface area (Å²) < 4.78 is 32.1. The highest BCUT2D eigenvalue weighted by Gasteiger charge is 2.36. The zero-order valence-corrected chi connectivity index (χ0v) is 24.5. The molecule has 0 aromatic carbocycles. The molecule has 2 fully saturated rings. The van der Waals surface area contributed by atoms with Gasteiger partial charge in [0.1, 0.15) is 5.84 Å². The fraction of sp³-hybridized carbons (Fsp3) is 0.630. The van der Waals surface area contributed by atoms with Crippen molar-refractivity contribution in [3.8, 4) is 0 Å². The van der Waals surface area contributed by atoms with Crippen LogP contribution in [-0.4, -0.2) is 91.9 Å². The van der Waals surface area contributed by atoms with Crippen LogP contribution in [0.5, 0.6) is 0 Å². The number of carbonyl (C=O) groups is 2. The van der Waals surface area contributed by atoms with Crippen molar-refractivity contribution in [2.24, 2.45) is 22.6 Å². The molecule has 1 aliphatic carbocycles. The number of esters is 1. The van der Waals surface area contributed by atoms with Crippen LogP contribution in [0.3, 0.4) is 0 Å². The molecule has 40 heavy (non-hydrogen) atoms. The van der Waals surface area contributed by atoms with E-state index in [0.717, 1.165) is 31.4 Å². The van der Waals surface area contributed by atoms with Crippen LogP contribution in [-0.2, 0) is 20.7 Å². The number of anilines is 1. The number of nitrogens with two attached hydrogens (primary N) is 2. The fourth-order valence-electron chi connectivity index (χ4n) is 4.24. The molecule has 2 heterocycles. The normalized spacial score (nSPS) is 17.2. The van der Waals surface area contributed by atoms with Crippen LogP contribution in [0, 0.1) is 5.92 Å². The Morgan fingerprint density at radius 2 is 1.95 bits per heavy atom. The van der Waals surface area contributed by atoms with Gasteiger partial charge in [-0.1, -0.05) is 6.92 Å². The Hall–Kier alpha value is -3.48. The van der Waals surface area contributed by atoms with E-state index >= 15 is 0 Å². The summed E-state index contributed by atoms with van der Waals surface area (Å²) in [5.41, 5.74) is 9.46. The second kappa shape index (κ2) is 14.8. The maximum Gasteiger partial charge on any atom is 0.302 e. The zero-order chi connectivity index (χ0) is 30.0. The third-order valence-electron chi connectivity index (χ3n) is 6.72. The number of hydrazone groups is 1. The number of piperidine rings is 1. The Labute approximate surface area is 235 Å². The van der Waals surface area contributed by atoms with Gasteiger partial charge in [-0.15, -0.1) is 0 Å². The van der Waals surface area contributed by atoms with E-state index in [9.17, 15) is 18.4 Å². The van der Waals surface area contributed by atoms with Gasteiger partial charge in [-0.25, -0.2) is 19.6 Å². The number of methoxy groups -OCH3 is 1. The quantitative estimate of drug-likeness (QED) is 0.109. The molecule has 1 aromatic heterocycles. The lowest BCUT2D eigenvalue weighted by Crippen LogP contribution is -2.43. The van der Waals surface area contributed by atoms with Gasteiger partial charge in [-0.3, -0.25) is 14.6 Å². The first-order valence-corrected chi connectivity index (χ1v) is 13.4. The topological polar surface area (TPSA) is 134 Å². The first-order valence-electron chi connectivity index (χ1n) is 13.4. The van der Waals surface area contributed by atoms with Gasteiger partial charge in [-0.2, -0.15) is 5.10 Å². The van der Waals surface area contributed by atoms with E-state index in [1.54, 1.807) is 37.1 Å². The lowest BCUT2D eigenvalue weighted by atomic mass is 10.1. The molecule has 0 bridgehead atoms. The second-order valence-electron chi connectivity index (χ2n) is 10.3. The molecule has 1 saturated heterocycles. The summed E-state index contributed by atoms with van der Waals surface area (Å²) in [6.07, 6.45) is 4.73. The molecule has 1 aliphatic heterocycles. The lowest BCUT2D eigenvalue weighted by Gasteiger charge is -2.35. The number of aromatic nitrogens is 1. The Kier molecular flexibility index (Phi) is 12.1. The number of aryl methyl sites for hydroxylation is 1. The number of hydrazine groups is 1. The number of nitrogens with zero attached hydrogens (tertiary/aromatic N) is 6. The molecule has 4 N–H and O–H groups in total. The van der Waals surface area contributed by atoms with E-state index in [0.29, 0.717) is 60.5 Å². The number of ether oxygens (including phenoxy) is 1. The molecular formula is C27H44F2N8O3. The predicted molar refractivity (Wildman–Crippen MR) is 152 cm³/mol. The molecule has 1 amide bonds. The van der Waals surface area contributed by atoms with Crippen molar-refractivity contribution in [2.45, 2.75) is 58.3 Å². The van der Waals surface area contributed by atoms with Gasteiger partial charge < -0.3 is 25.3 Å². The van der Waals surface area contributed by atoms with E-state index in [1.807, 2.05) is 13.0 Å². The highest BCUT2D eigenvalue weighted by molar-refractivity contribution is 5.90.